The van der Waals surface area contributed by atoms with E-state index in [4.69, 9.17) is 15.3 Å². The average molecular weight is 279 g/mol. The third-order valence-corrected chi connectivity index (χ3v) is 0. The van der Waals surface area contributed by atoms with Crippen LogP contribution in [0.25, 0.3) is 0 Å². The molecule has 0 heterocycles. The van der Waals surface area contributed by atoms with Crippen molar-refractivity contribution in [2.75, 3.05) is 0 Å². The van der Waals surface area contributed by atoms with E-state index in [0.29, 0.717) is 0 Å². The van der Waals surface area contributed by atoms with Crippen molar-refractivity contribution in [3.8, 4) is 0 Å². The van der Waals surface area contributed by atoms with Crippen LogP contribution in [0, 0.1) is 10.1 Å². The number of rotatable bonds is 0. The first-order valence-electron chi connectivity index (χ1n) is 0.565. The van der Waals surface area contributed by atoms with Crippen LogP contribution in [0.4, 0.5) is 0 Å². The van der Waals surface area contributed by atoms with Crippen molar-refractivity contribution in [2.45, 2.75) is 0 Å². The second kappa shape index (κ2) is 15.8. The normalized spacial score (nSPS) is 3.43. The summed E-state index contributed by atoms with van der Waals surface area (Å²) < 4.78 is 0. The Bertz CT molecular complexity index is 35.9. The third kappa shape index (κ3) is 58.5. The molecular weight excluding hydrogens is 273 g/mol. The van der Waals surface area contributed by atoms with Crippen LogP contribution in [0.2, 0.25) is 0 Å². The Morgan fingerprint density at radius 1 is 1.43 bits per heavy atom. The van der Waals surface area contributed by atoms with Gasteiger partial charge in [-0.25, -0.2) is 0 Å². The molecule has 0 aliphatic carbocycles. The molecule has 0 amide bonds. The molecule has 0 spiro atoms. The summed E-state index contributed by atoms with van der Waals surface area (Å²) in [4.78, 5) is 8.36. The summed E-state index contributed by atoms with van der Waals surface area (Å²) in [6.45, 7) is 0. The summed E-state index contributed by atoms with van der Waals surface area (Å²) in [6.07, 6.45) is 0. The minimum absolute atomic E-state index is 0. The minimum atomic E-state index is -1.50. The molecule has 0 rings (SSSR count). The zero-order valence-electron chi connectivity index (χ0n) is 2.12. The van der Waals surface area contributed by atoms with Crippen molar-refractivity contribution >= 4 is 103 Å². The van der Waals surface area contributed by atoms with Crippen LogP contribution in [0.3, 0.4) is 0 Å². The van der Waals surface area contributed by atoms with Gasteiger partial charge in [0.1, 0.15) is 0 Å². The molecule has 0 saturated heterocycles. The fraction of sp³-hybridized carbons (Fsp3) is 0. The molecule has 0 aliphatic heterocycles. The summed E-state index contributed by atoms with van der Waals surface area (Å²) in [5.74, 6) is 0. The Kier molecular flexibility index (Phi) is 51.2. The Morgan fingerprint density at radius 3 is 1.43 bits per heavy atom. The van der Waals surface area contributed by atoms with E-state index in [9.17, 15) is 0 Å². The van der Waals surface area contributed by atoms with Crippen molar-refractivity contribution in [1.82, 2.24) is 0 Å². The maximum absolute atomic E-state index is 8.36. The van der Waals surface area contributed by atoms with Crippen LogP contribution < -0.4 is 0 Å². The van der Waals surface area contributed by atoms with E-state index in [1.807, 2.05) is 0 Å². The fourth-order valence-corrected chi connectivity index (χ4v) is 0. The van der Waals surface area contributed by atoms with E-state index in [2.05, 4.69) is 0 Å². The summed E-state index contributed by atoms with van der Waals surface area (Å²) >= 11 is 0. The van der Waals surface area contributed by atoms with Gasteiger partial charge in [-0.3, -0.25) is 0 Å². The van der Waals surface area contributed by atoms with Crippen LogP contribution >= 0.6 is 12.4 Å². The molecule has 0 atom stereocenters. The fourth-order valence-electron chi connectivity index (χ4n) is 0. The molecule has 0 aromatic carbocycles. The molecule has 0 aromatic heterocycles. The molecule has 4 nitrogen and oxygen atoms in total. The summed E-state index contributed by atoms with van der Waals surface area (Å²) in [5.41, 5.74) is 0. The standard InChI is InChI=1S/ClH.HNO3.2Sr.4H/c;2-1(3)4;;;;;;/h1H;(H,2,3,4);;;;;;. The zero-order valence-corrected chi connectivity index (χ0v) is 2.94. The first-order chi connectivity index (χ1) is 1.73. The van der Waals surface area contributed by atoms with Crippen molar-refractivity contribution < 1.29 is 10.3 Å². The predicted molar refractivity (Wildman–Crippen MR) is 33.1 cm³/mol. The Hall–Kier alpha value is 2.45. The molecule has 7 heteroatoms. The van der Waals surface area contributed by atoms with Crippen LogP contribution in [0.1, 0.15) is 0 Å². The quantitative estimate of drug-likeness (QED) is 0.324. The predicted octanol–water partition coefficient (Wildman–Crippen LogP) is -1.76. The van der Waals surface area contributed by atoms with E-state index in [0.717, 1.165) is 0 Å². The Labute approximate surface area is 121 Å². The van der Waals surface area contributed by atoms with Gasteiger partial charge in [0.15, 0.2) is 0 Å². The summed E-state index contributed by atoms with van der Waals surface area (Å²) in [7, 11) is 0. The molecule has 0 fully saturated rings. The van der Waals surface area contributed by atoms with E-state index >= 15 is 0 Å². The average Bonchev–Trinajstić information content (AvgIpc) is 0.811. The van der Waals surface area contributed by atoms with Gasteiger partial charge in [-0.05, 0) is 0 Å². The van der Waals surface area contributed by atoms with Gasteiger partial charge in [0, 0.05) is 0 Å². The van der Waals surface area contributed by atoms with E-state index < -0.39 is 5.09 Å². The first-order valence-corrected chi connectivity index (χ1v) is 0.565. The molecule has 7 heavy (non-hydrogen) atoms. The summed E-state index contributed by atoms with van der Waals surface area (Å²) in [5, 5.41) is 13.6. The molecule has 0 bridgehead atoms. The molecule has 0 unspecified atom stereocenters. The van der Waals surface area contributed by atoms with Crippen LogP contribution in [0.5, 0.6) is 0 Å². The number of hydrogen-bond donors (Lipinski definition) is 1. The maximum atomic E-state index is 8.36. The van der Waals surface area contributed by atoms with Gasteiger partial charge in [-0.15, -0.1) is 22.5 Å². The number of halogens is 1. The van der Waals surface area contributed by atoms with E-state index in [1.165, 1.54) is 0 Å². The Morgan fingerprint density at radius 2 is 1.43 bits per heavy atom. The monoisotopic (exact) mass is 279 g/mol. The van der Waals surface area contributed by atoms with Gasteiger partial charge in [0.2, 0.25) is 0 Å². The van der Waals surface area contributed by atoms with Crippen molar-refractivity contribution in [1.29, 1.82) is 0 Å². The third-order valence-electron chi connectivity index (χ3n) is 0. The molecule has 0 aliphatic rings. The number of hydrogen-bond acceptors (Lipinski definition) is 2. The summed E-state index contributed by atoms with van der Waals surface area (Å²) in [6, 6.07) is 0. The van der Waals surface area contributed by atoms with Gasteiger partial charge < -0.3 is 5.21 Å². The molecular formula is H6ClNO3Sr2. The molecule has 0 aromatic rings. The zero-order chi connectivity index (χ0) is 3.58. The van der Waals surface area contributed by atoms with Gasteiger partial charge in [-0.2, -0.15) is 0 Å². The van der Waals surface area contributed by atoms with Crippen LogP contribution in [-0.2, 0) is 0 Å². The topological polar surface area (TPSA) is 63.4 Å². The first kappa shape index (κ1) is 22.7. The van der Waals surface area contributed by atoms with Gasteiger partial charge in [0.25, 0.3) is 5.09 Å². The second-order valence-electron chi connectivity index (χ2n) is 0.238. The van der Waals surface area contributed by atoms with Crippen molar-refractivity contribution in [2.24, 2.45) is 0 Å². The van der Waals surface area contributed by atoms with E-state index in [1.54, 1.807) is 0 Å². The molecule has 40 valence electrons. The molecule has 0 radical (unpaired) electrons. The Balaban J connectivity index is -0.0000000150. The second-order valence-corrected chi connectivity index (χ2v) is 0.238. The number of nitrogens with zero attached hydrogens (tertiary/aromatic N) is 1. The van der Waals surface area contributed by atoms with E-state index in [-0.39, 0.29) is 103 Å². The molecule has 1 N–H and O–H groups in total. The van der Waals surface area contributed by atoms with Gasteiger partial charge in [0.05, 0.1) is 0 Å². The molecule has 0 saturated carbocycles. The van der Waals surface area contributed by atoms with Crippen LogP contribution in [0.15, 0.2) is 0 Å². The van der Waals surface area contributed by atoms with Crippen LogP contribution in [-0.4, -0.2) is 101 Å². The van der Waals surface area contributed by atoms with Gasteiger partial charge >= 0.3 is 91.0 Å². The van der Waals surface area contributed by atoms with Crippen molar-refractivity contribution in [3.05, 3.63) is 10.1 Å². The van der Waals surface area contributed by atoms with Crippen molar-refractivity contribution in [3.63, 3.8) is 0 Å². The SMILES string of the molecule is Cl.O=[N+]([O-])O.[SrH2].[SrH2]. The van der Waals surface area contributed by atoms with Gasteiger partial charge in [-0.1, -0.05) is 0 Å².